The number of hydrogen-bond donors (Lipinski definition) is 0. The number of rotatable bonds is 2. The molecule has 2 saturated carbocycles. The lowest BCUT2D eigenvalue weighted by Gasteiger charge is -2.52. The van der Waals surface area contributed by atoms with Crippen LogP contribution in [0.4, 0.5) is 0 Å². The molecule has 2 aromatic rings. The van der Waals surface area contributed by atoms with Crippen molar-refractivity contribution < 1.29 is 0 Å². The van der Waals surface area contributed by atoms with Gasteiger partial charge in [0.1, 0.15) is 0 Å². The molecule has 0 heteroatoms. The lowest BCUT2D eigenvalue weighted by Crippen LogP contribution is -2.44. The van der Waals surface area contributed by atoms with Crippen molar-refractivity contribution in [3.63, 3.8) is 0 Å². The van der Waals surface area contributed by atoms with Gasteiger partial charge in [0.05, 0.1) is 0 Å². The van der Waals surface area contributed by atoms with E-state index in [2.05, 4.69) is 74.5 Å². The van der Waals surface area contributed by atoms with Gasteiger partial charge in [-0.05, 0) is 65.9 Å². The van der Waals surface area contributed by atoms with Crippen LogP contribution in [-0.2, 0) is 10.8 Å². The maximum Gasteiger partial charge on any atom is -0.00700 e. The quantitative estimate of drug-likeness (QED) is 0.627. The normalized spacial score (nSPS) is 36.6. The highest BCUT2D eigenvalue weighted by atomic mass is 14.5. The van der Waals surface area contributed by atoms with E-state index in [-0.39, 0.29) is 0 Å². The average Bonchev–Trinajstić information content (AvgIpc) is 2.55. The lowest BCUT2D eigenvalue weighted by molar-refractivity contribution is 0.0716. The summed E-state index contributed by atoms with van der Waals surface area (Å²) in [4.78, 5) is 0. The van der Waals surface area contributed by atoms with Crippen LogP contribution < -0.4 is 0 Å². The van der Waals surface area contributed by atoms with Gasteiger partial charge in [-0.15, -0.1) is 0 Å². The van der Waals surface area contributed by atoms with Crippen LogP contribution >= 0.6 is 0 Å². The fraction of sp³-hybridized carbons (Fsp3) is 0.478. The van der Waals surface area contributed by atoms with E-state index in [0.29, 0.717) is 10.8 Å². The topological polar surface area (TPSA) is 0 Å². The monoisotopic (exact) mass is 304 g/mol. The second-order valence-corrected chi connectivity index (χ2v) is 8.64. The van der Waals surface area contributed by atoms with Crippen molar-refractivity contribution in [2.24, 2.45) is 11.8 Å². The molecule has 0 aliphatic heterocycles. The molecule has 0 N–H and O–H groups in total. The summed E-state index contributed by atoms with van der Waals surface area (Å²) in [6.07, 6.45) is 6.88. The summed E-state index contributed by atoms with van der Waals surface area (Å²) in [7, 11) is 0. The van der Waals surface area contributed by atoms with Crippen LogP contribution in [0.2, 0.25) is 0 Å². The van der Waals surface area contributed by atoms with Crippen LogP contribution in [0.3, 0.4) is 0 Å². The third-order valence-corrected chi connectivity index (χ3v) is 6.56. The van der Waals surface area contributed by atoms with Crippen molar-refractivity contribution in [3.8, 4) is 0 Å². The van der Waals surface area contributed by atoms with E-state index >= 15 is 0 Å². The number of hydrogen-bond acceptors (Lipinski definition) is 0. The number of benzene rings is 2. The Balaban J connectivity index is 1.60. The van der Waals surface area contributed by atoms with Crippen molar-refractivity contribution in [1.29, 1.82) is 0 Å². The molecule has 0 radical (unpaired) electrons. The van der Waals surface area contributed by atoms with Crippen LogP contribution in [0, 0.1) is 11.8 Å². The van der Waals surface area contributed by atoms with Crippen LogP contribution in [0.25, 0.3) is 0 Å². The summed E-state index contributed by atoms with van der Waals surface area (Å²) in [6, 6.07) is 22.5. The molecule has 2 aliphatic rings. The molecule has 2 fully saturated rings. The predicted octanol–water partition coefficient (Wildman–Crippen LogP) is 6.11. The first kappa shape index (κ1) is 15.0. The molecule has 2 bridgehead atoms. The highest BCUT2D eigenvalue weighted by molar-refractivity contribution is 5.29. The summed E-state index contributed by atoms with van der Waals surface area (Å²) in [5.74, 6) is 1.75. The molecule has 0 atom stereocenters. The zero-order valence-corrected chi connectivity index (χ0v) is 14.5. The van der Waals surface area contributed by atoms with E-state index in [1.807, 2.05) is 0 Å². The van der Waals surface area contributed by atoms with Gasteiger partial charge in [-0.1, -0.05) is 74.5 Å². The Labute approximate surface area is 140 Å². The first-order valence-corrected chi connectivity index (χ1v) is 9.19. The maximum atomic E-state index is 2.51. The third-order valence-electron chi connectivity index (χ3n) is 6.56. The molecule has 0 nitrogen and oxygen atoms in total. The van der Waals surface area contributed by atoms with Crippen molar-refractivity contribution >= 4 is 0 Å². The number of fused-ring (bicyclic) bond motifs is 2. The molecule has 120 valence electrons. The molecule has 0 amide bonds. The molecule has 2 aliphatic carbocycles. The van der Waals surface area contributed by atoms with E-state index < -0.39 is 0 Å². The van der Waals surface area contributed by atoms with Crippen LogP contribution in [0.15, 0.2) is 60.7 Å². The van der Waals surface area contributed by atoms with Gasteiger partial charge in [0.25, 0.3) is 0 Å². The Morgan fingerprint density at radius 1 is 0.609 bits per heavy atom. The second-order valence-electron chi connectivity index (χ2n) is 8.64. The fourth-order valence-corrected chi connectivity index (χ4v) is 5.82. The third kappa shape index (κ3) is 2.73. The Morgan fingerprint density at radius 3 is 1.30 bits per heavy atom. The molecule has 2 aromatic carbocycles. The van der Waals surface area contributed by atoms with E-state index in [1.54, 1.807) is 11.1 Å². The minimum atomic E-state index is 0.382. The zero-order valence-electron chi connectivity index (χ0n) is 14.5. The second kappa shape index (κ2) is 5.51. The van der Waals surface area contributed by atoms with E-state index in [4.69, 9.17) is 0 Å². The molecule has 4 rings (SSSR count). The summed E-state index contributed by atoms with van der Waals surface area (Å²) in [6.45, 7) is 5.01. The van der Waals surface area contributed by atoms with Gasteiger partial charge in [0.2, 0.25) is 0 Å². The minimum absolute atomic E-state index is 0.382. The van der Waals surface area contributed by atoms with Crippen molar-refractivity contribution in [2.75, 3.05) is 0 Å². The Morgan fingerprint density at radius 2 is 0.957 bits per heavy atom. The zero-order chi connectivity index (χ0) is 15.9. The van der Waals surface area contributed by atoms with Gasteiger partial charge in [0.15, 0.2) is 0 Å². The highest BCUT2D eigenvalue weighted by Crippen LogP contribution is 2.55. The van der Waals surface area contributed by atoms with Gasteiger partial charge in [-0.3, -0.25) is 0 Å². The molecule has 0 saturated heterocycles. The highest BCUT2D eigenvalue weighted by Gasteiger charge is 2.46. The molecule has 0 aromatic heterocycles. The summed E-state index contributed by atoms with van der Waals surface area (Å²) in [5.41, 5.74) is 3.87. The first-order chi connectivity index (χ1) is 11.1. The van der Waals surface area contributed by atoms with E-state index in [9.17, 15) is 0 Å². The fourth-order valence-electron chi connectivity index (χ4n) is 5.82. The van der Waals surface area contributed by atoms with Gasteiger partial charge < -0.3 is 0 Å². The lowest BCUT2D eigenvalue weighted by atomic mass is 9.53. The van der Waals surface area contributed by atoms with Crippen molar-refractivity contribution in [3.05, 3.63) is 71.8 Å². The Bertz CT molecular complexity index is 583. The van der Waals surface area contributed by atoms with Crippen LogP contribution in [-0.4, -0.2) is 0 Å². The largest absolute Gasteiger partial charge is 0.0622 e. The van der Waals surface area contributed by atoms with Crippen LogP contribution in [0.5, 0.6) is 0 Å². The maximum absolute atomic E-state index is 2.51. The van der Waals surface area contributed by atoms with Crippen molar-refractivity contribution in [2.45, 2.75) is 56.8 Å². The summed E-state index contributed by atoms with van der Waals surface area (Å²) in [5, 5.41) is 0. The van der Waals surface area contributed by atoms with Gasteiger partial charge in [0, 0.05) is 0 Å². The predicted molar refractivity (Wildman–Crippen MR) is 97.7 cm³/mol. The van der Waals surface area contributed by atoms with Gasteiger partial charge in [-0.2, -0.15) is 0 Å². The minimum Gasteiger partial charge on any atom is -0.0622 e. The summed E-state index contributed by atoms with van der Waals surface area (Å²) >= 11 is 0. The Kier molecular flexibility index (Phi) is 3.59. The van der Waals surface area contributed by atoms with Gasteiger partial charge in [-0.25, -0.2) is 0 Å². The molecule has 0 spiro atoms. The standard InChI is InChI=1S/C23H28/c1-22(20-9-5-3-6-10-20)14-18-13-19(15-22)17-23(2,16-18)21-11-7-4-8-12-21/h3-12,18-19H,13-17H2,1-2H3. The van der Waals surface area contributed by atoms with Crippen molar-refractivity contribution in [1.82, 2.24) is 0 Å². The first-order valence-electron chi connectivity index (χ1n) is 9.19. The van der Waals surface area contributed by atoms with E-state index in [1.165, 1.54) is 32.1 Å². The van der Waals surface area contributed by atoms with Crippen LogP contribution in [0.1, 0.15) is 57.1 Å². The SMILES string of the molecule is CC1(c2ccccc2)CC2CC(C1)CC(C)(c1ccccc1)C2. The Hall–Kier alpha value is -1.56. The summed E-state index contributed by atoms with van der Waals surface area (Å²) < 4.78 is 0. The average molecular weight is 304 g/mol. The molecule has 0 heterocycles. The van der Waals surface area contributed by atoms with Gasteiger partial charge >= 0.3 is 0 Å². The molecular weight excluding hydrogens is 276 g/mol. The molecule has 23 heavy (non-hydrogen) atoms. The smallest absolute Gasteiger partial charge is 0.00700 e. The molecular formula is C23H28. The molecule has 0 unspecified atom stereocenters. The van der Waals surface area contributed by atoms with E-state index in [0.717, 1.165) is 11.8 Å².